The highest BCUT2D eigenvalue weighted by atomic mass is 27.0. The molecule has 0 aliphatic carbocycles. The molecular formula is H6AlMgNO3. The highest BCUT2D eigenvalue weighted by molar-refractivity contribution is 5.76. The molecular weight excluding hydrogens is 113 g/mol. The Morgan fingerprint density at radius 2 is 1.67 bits per heavy atom. The zero-order valence-corrected chi connectivity index (χ0v) is 1.71. The van der Waals surface area contributed by atoms with Crippen molar-refractivity contribution in [2.45, 2.75) is 0 Å². The molecule has 4 nitrogen and oxygen atoms in total. The smallest absolute Gasteiger partial charge is 0.316 e. The van der Waals surface area contributed by atoms with E-state index in [9.17, 15) is 0 Å². The van der Waals surface area contributed by atoms with Crippen molar-refractivity contribution in [1.82, 2.24) is 0 Å². The van der Waals surface area contributed by atoms with Gasteiger partial charge in [0.25, 0.3) is 5.09 Å². The monoisotopic (exact) mass is 119 g/mol. The Hall–Kier alpha value is 0.499. The van der Waals surface area contributed by atoms with Crippen molar-refractivity contribution >= 4 is 40.4 Å². The topological polar surface area (TPSA) is 63.4 Å². The van der Waals surface area contributed by atoms with E-state index in [-0.39, 0.29) is 40.4 Å². The van der Waals surface area contributed by atoms with Crippen LogP contribution in [-0.4, -0.2) is 50.7 Å². The first-order valence-corrected chi connectivity index (χ1v) is 0.565. The molecule has 6 heteroatoms. The van der Waals surface area contributed by atoms with Crippen LogP contribution in [0.15, 0.2) is 0 Å². The van der Waals surface area contributed by atoms with Gasteiger partial charge in [-0.3, -0.25) is 0 Å². The SMILES string of the molecule is O=[N+]([O-])O.[AlH3].[MgH2]. The van der Waals surface area contributed by atoms with Crippen molar-refractivity contribution in [1.29, 1.82) is 0 Å². The van der Waals surface area contributed by atoms with Gasteiger partial charge in [0.15, 0.2) is 17.4 Å². The van der Waals surface area contributed by atoms with E-state index >= 15 is 0 Å². The number of hydrogen-bond donors (Lipinski definition) is 1. The molecule has 0 unspecified atom stereocenters. The van der Waals surface area contributed by atoms with Crippen molar-refractivity contribution < 1.29 is 10.3 Å². The Balaban J connectivity index is -0.0000000450. The zero-order chi connectivity index (χ0) is 3.58. The summed E-state index contributed by atoms with van der Waals surface area (Å²) in [5.74, 6) is 0. The summed E-state index contributed by atoms with van der Waals surface area (Å²) >= 11 is 0. The normalized spacial score (nSPS) is 4.00. The Bertz CT molecular complexity index is 33.8. The lowest BCUT2D eigenvalue weighted by atomic mass is 13.1. The Morgan fingerprint density at radius 1 is 1.67 bits per heavy atom. The lowest BCUT2D eigenvalue weighted by molar-refractivity contribution is -0.742. The maximum Gasteiger partial charge on any atom is 0.316 e. The molecule has 34 valence electrons. The number of hydrogen-bond acceptors (Lipinski definition) is 2. The summed E-state index contributed by atoms with van der Waals surface area (Å²) in [6.07, 6.45) is 0. The van der Waals surface area contributed by atoms with Gasteiger partial charge in [-0.2, -0.15) is 0 Å². The lowest BCUT2D eigenvalue weighted by Crippen LogP contribution is -1.81. The minimum absolute atomic E-state index is 0. The van der Waals surface area contributed by atoms with Crippen LogP contribution >= 0.6 is 0 Å². The maximum absolute atomic E-state index is 8.36. The molecule has 0 saturated carbocycles. The van der Waals surface area contributed by atoms with Gasteiger partial charge in [-0.05, 0) is 0 Å². The third-order valence-corrected chi connectivity index (χ3v) is 0. The fraction of sp³-hybridized carbons (Fsp3) is 0. The van der Waals surface area contributed by atoms with Crippen molar-refractivity contribution in [3.63, 3.8) is 0 Å². The van der Waals surface area contributed by atoms with Crippen molar-refractivity contribution in [2.24, 2.45) is 0 Å². The second-order valence-electron chi connectivity index (χ2n) is 0.238. The molecule has 0 heterocycles. The zero-order valence-electron chi connectivity index (χ0n) is 1.71. The van der Waals surface area contributed by atoms with E-state index in [1.165, 1.54) is 0 Å². The van der Waals surface area contributed by atoms with Crippen LogP contribution in [0.4, 0.5) is 0 Å². The fourth-order valence-electron chi connectivity index (χ4n) is 0. The van der Waals surface area contributed by atoms with E-state index in [1.807, 2.05) is 0 Å². The molecule has 0 fully saturated rings. The van der Waals surface area contributed by atoms with E-state index in [0.29, 0.717) is 0 Å². The molecule has 6 heavy (non-hydrogen) atoms. The molecule has 0 atom stereocenters. The van der Waals surface area contributed by atoms with Gasteiger partial charge in [0, 0.05) is 0 Å². The molecule has 1 N–H and O–H groups in total. The van der Waals surface area contributed by atoms with Gasteiger partial charge in [0.2, 0.25) is 0 Å². The molecule has 0 aliphatic rings. The Labute approximate surface area is 60.9 Å². The first-order chi connectivity index (χ1) is 1.73. The van der Waals surface area contributed by atoms with Crippen molar-refractivity contribution in [2.75, 3.05) is 0 Å². The van der Waals surface area contributed by atoms with E-state index in [4.69, 9.17) is 15.3 Å². The highest BCUT2D eigenvalue weighted by Crippen LogP contribution is 1.38. The van der Waals surface area contributed by atoms with Crippen LogP contribution in [0, 0.1) is 10.1 Å². The van der Waals surface area contributed by atoms with E-state index < -0.39 is 5.09 Å². The van der Waals surface area contributed by atoms with Crippen LogP contribution in [0.1, 0.15) is 0 Å². The summed E-state index contributed by atoms with van der Waals surface area (Å²) in [4.78, 5) is 8.36. The van der Waals surface area contributed by atoms with Gasteiger partial charge in [-0.1, -0.05) is 0 Å². The second-order valence-corrected chi connectivity index (χ2v) is 0.238. The molecule has 0 aliphatic heterocycles. The van der Waals surface area contributed by atoms with E-state index in [0.717, 1.165) is 0 Å². The van der Waals surface area contributed by atoms with Gasteiger partial charge in [-0.25, -0.2) is 0 Å². The van der Waals surface area contributed by atoms with Crippen molar-refractivity contribution in [3.05, 3.63) is 10.1 Å². The molecule has 0 radical (unpaired) electrons. The summed E-state index contributed by atoms with van der Waals surface area (Å²) in [7, 11) is 0. The summed E-state index contributed by atoms with van der Waals surface area (Å²) in [5.41, 5.74) is 0. The average molecular weight is 119 g/mol. The third-order valence-electron chi connectivity index (χ3n) is 0. The summed E-state index contributed by atoms with van der Waals surface area (Å²) in [6, 6.07) is 0. The summed E-state index contributed by atoms with van der Waals surface area (Å²) < 4.78 is 0. The van der Waals surface area contributed by atoms with Crippen LogP contribution in [0.25, 0.3) is 0 Å². The summed E-state index contributed by atoms with van der Waals surface area (Å²) in [6.45, 7) is 0. The third kappa shape index (κ3) is 221. The van der Waals surface area contributed by atoms with Gasteiger partial charge < -0.3 is 5.21 Å². The summed E-state index contributed by atoms with van der Waals surface area (Å²) in [5, 5.41) is 13.6. The Kier molecular flexibility index (Phi) is 24.3. The largest absolute Gasteiger partial charge is 0.328 e. The first kappa shape index (κ1) is 16.1. The minimum atomic E-state index is -1.50. The molecule has 0 bridgehead atoms. The van der Waals surface area contributed by atoms with Crippen LogP contribution in [0.3, 0.4) is 0 Å². The van der Waals surface area contributed by atoms with Gasteiger partial charge in [-0.15, -0.1) is 10.1 Å². The van der Waals surface area contributed by atoms with Crippen LogP contribution in [0.5, 0.6) is 0 Å². The van der Waals surface area contributed by atoms with Crippen LogP contribution in [0.2, 0.25) is 0 Å². The fourth-order valence-corrected chi connectivity index (χ4v) is 0. The second kappa shape index (κ2) is 9.09. The molecule has 0 amide bonds. The first-order valence-electron chi connectivity index (χ1n) is 0.565. The van der Waals surface area contributed by atoms with Gasteiger partial charge >= 0.3 is 23.1 Å². The van der Waals surface area contributed by atoms with Crippen LogP contribution in [-0.2, 0) is 0 Å². The molecule has 0 spiro atoms. The standard InChI is InChI=1S/Al.Mg.HNO3.5H/c;;2-1(3)4;;;;;/h;;(H,2,3,4);;;;;. The maximum atomic E-state index is 8.36. The Morgan fingerprint density at radius 3 is 1.67 bits per heavy atom. The lowest BCUT2D eigenvalue weighted by Gasteiger charge is -1.56. The van der Waals surface area contributed by atoms with E-state index in [1.54, 1.807) is 0 Å². The molecule has 0 rings (SSSR count). The number of nitrogens with zero attached hydrogens (tertiary/aromatic N) is 1. The molecule has 0 aromatic rings. The van der Waals surface area contributed by atoms with Crippen LogP contribution < -0.4 is 0 Å². The average Bonchev–Trinajstić information content (AvgIpc) is 0.811. The van der Waals surface area contributed by atoms with Crippen molar-refractivity contribution in [3.8, 4) is 0 Å². The predicted octanol–water partition coefficient (Wildman–Crippen LogP) is -2.45. The molecule has 0 aromatic carbocycles. The number of rotatable bonds is 0. The van der Waals surface area contributed by atoms with E-state index in [2.05, 4.69) is 0 Å². The predicted molar refractivity (Wildman–Crippen MR) is 27.3 cm³/mol. The molecule has 0 aromatic heterocycles. The van der Waals surface area contributed by atoms with Gasteiger partial charge in [0.1, 0.15) is 0 Å². The van der Waals surface area contributed by atoms with Gasteiger partial charge in [0.05, 0.1) is 0 Å². The highest BCUT2D eigenvalue weighted by Gasteiger charge is 1.65. The minimum Gasteiger partial charge on any atom is -0.328 e. The molecule has 0 saturated heterocycles. The quantitative estimate of drug-likeness (QED) is 0.219.